The van der Waals surface area contributed by atoms with E-state index in [0.29, 0.717) is 30.2 Å². The summed E-state index contributed by atoms with van der Waals surface area (Å²) in [5.74, 6) is 1.44. The molecule has 26 heavy (non-hydrogen) atoms. The predicted octanol–water partition coefficient (Wildman–Crippen LogP) is 1.81. The van der Waals surface area contributed by atoms with E-state index in [0.717, 1.165) is 17.0 Å². The molecule has 0 unspecified atom stereocenters. The molecule has 0 bridgehead atoms. The summed E-state index contributed by atoms with van der Waals surface area (Å²) < 4.78 is 12.2. The lowest BCUT2D eigenvalue weighted by Crippen LogP contribution is -2.10. The Hall–Kier alpha value is -3.17. The van der Waals surface area contributed by atoms with Gasteiger partial charge in [-0.25, -0.2) is 9.61 Å². The first kappa shape index (κ1) is 17.6. The number of rotatable bonds is 5. The van der Waals surface area contributed by atoms with Crippen LogP contribution in [0.15, 0.2) is 47.4 Å². The van der Waals surface area contributed by atoms with Crippen LogP contribution in [0.25, 0.3) is 28.2 Å². The van der Waals surface area contributed by atoms with E-state index in [1.807, 2.05) is 34.9 Å². The van der Waals surface area contributed by atoms with Crippen molar-refractivity contribution in [1.29, 1.82) is 0 Å². The maximum Gasteiger partial charge on any atom is 0.199 e. The number of anilines is 1. The minimum atomic E-state index is 0. The van der Waals surface area contributed by atoms with Gasteiger partial charge in [0.25, 0.3) is 0 Å². The fourth-order valence-corrected chi connectivity index (χ4v) is 2.57. The van der Waals surface area contributed by atoms with Gasteiger partial charge >= 0.3 is 0 Å². The van der Waals surface area contributed by atoms with Crippen molar-refractivity contribution in [3.8, 4) is 23.0 Å². The molecule has 9 nitrogen and oxygen atoms in total. The largest absolute Gasteiger partial charge is 0.492 e. The highest BCUT2D eigenvalue weighted by atomic mass is 35.5. The average Bonchev–Trinajstić information content (AvgIpc) is 3.23. The van der Waals surface area contributed by atoms with Gasteiger partial charge in [-0.15, -0.1) is 12.4 Å². The number of hydrogen-bond donors (Lipinski definition) is 2. The number of aromatic nitrogens is 5. The van der Waals surface area contributed by atoms with E-state index >= 15 is 0 Å². The second-order valence-electron chi connectivity index (χ2n) is 5.26. The summed E-state index contributed by atoms with van der Waals surface area (Å²) in [6.07, 6.45) is 3.38. The third kappa shape index (κ3) is 3.05. The Labute approximate surface area is 154 Å². The van der Waals surface area contributed by atoms with E-state index < -0.39 is 0 Å². The Morgan fingerprint density at radius 3 is 2.62 bits per heavy atom. The number of imidazole rings is 1. The van der Waals surface area contributed by atoms with Crippen molar-refractivity contribution in [2.24, 2.45) is 5.73 Å². The van der Waals surface area contributed by atoms with Crippen LogP contribution >= 0.6 is 12.4 Å². The van der Waals surface area contributed by atoms with Gasteiger partial charge in [-0.05, 0) is 40.6 Å². The molecule has 3 aromatic heterocycles. The number of nitrogens with two attached hydrogens (primary N) is 2. The molecule has 0 atom stereocenters. The lowest BCUT2D eigenvalue weighted by atomic mass is 10.2. The summed E-state index contributed by atoms with van der Waals surface area (Å²) in [5, 5.41) is 7.51. The van der Waals surface area contributed by atoms with Gasteiger partial charge in [-0.1, -0.05) is 0 Å². The Kier molecular flexibility index (Phi) is 5.01. The highest BCUT2D eigenvalue weighted by Gasteiger charge is 2.20. The lowest BCUT2D eigenvalue weighted by molar-refractivity contribution is 0.310. The van der Waals surface area contributed by atoms with Gasteiger partial charge in [-0.2, -0.15) is 0 Å². The van der Waals surface area contributed by atoms with Crippen LogP contribution in [0.5, 0.6) is 5.75 Å². The highest BCUT2D eigenvalue weighted by molar-refractivity contribution is 5.85. The van der Waals surface area contributed by atoms with Crippen molar-refractivity contribution in [2.45, 2.75) is 0 Å². The number of fused-ring (bicyclic) bond motifs is 1. The molecule has 0 spiro atoms. The third-order valence-electron chi connectivity index (χ3n) is 3.66. The van der Waals surface area contributed by atoms with Gasteiger partial charge < -0.3 is 16.2 Å². The molecule has 0 saturated carbocycles. The molecule has 0 saturated heterocycles. The average molecular weight is 374 g/mol. The van der Waals surface area contributed by atoms with Crippen molar-refractivity contribution in [3.05, 3.63) is 42.7 Å². The molecule has 4 rings (SSSR count). The van der Waals surface area contributed by atoms with Crippen LogP contribution in [-0.2, 0) is 0 Å². The van der Waals surface area contributed by atoms with Gasteiger partial charge in [0, 0.05) is 18.4 Å². The zero-order chi connectivity index (χ0) is 17.2. The number of halogens is 1. The number of nitrogen functional groups attached to an aromatic ring is 1. The van der Waals surface area contributed by atoms with Gasteiger partial charge in [0.2, 0.25) is 0 Å². The first-order valence-electron chi connectivity index (χ1n) is 7.62. The summed E-state index contributed by atoms with van der Waals surface area (Å²) in [4.78, 5) is 8.69. The van der Waals surface area contributed by atoms with Crippen LogP contribution in [0.4, 0.5) is 5.82 Å². The van der Waals surface area contributed by atoms with Crippen LogP contribution in [-0.4, -0.2) is 38.0 Å². The minimum absolute atomic E-state index is 0. The molecule has 0 aliphatic rings. The molecule has 1 aromatic carbocycles. The molecule has 10 heteroatoms. The molecule has 0 radical (unpaired) electrons. The monoisotopic (exact) mass is 373 g/mol. The maximum absolute atomic E-state index is 5.85. The van der Waals surface area contributed by atoms with Crippen LogP contribution in [0.2, 0.25) is 0 Å². The highest BCUT2D eigenvalue weighted by Crippen LogP contribution is 2.30. The summed E-state index contributed by atoms with van der Waals surface area (Å²) >= 11 is 0. The number of ether oxygens (including phenoxy) is 1. The molecule has 134 valence electrons. The first-order chi connectivity index (χ1) is 12.3. The topological polar surface area (TPSA) is 131 Å². The SMILES string of the molecule is Cl.NCCOc1ccc(-n2c(-c3nonc3N)nc3cnccc32)cc1. The molecule has 4 aromatic rings. The molecular weight excluding hydrogens is 358 g/mol. The molecular formula is C16H16ClN7O2. The van der Waals surface area contributed by atoms with Crippen molar-refractivity contribution in [3.63, 3.8) is 0 Å². The first-order valence-corrected chi connectivity index (χ1v) is 7.62. The summed E-state index contributed by atoms with van der Waals surface area (Å²) in [6.45, 7) is 0.926. The number of pyridine rings is 1. The summed E-state index contributed by atoms with van der Waals surface area (Å²) in [6, 6.07) is 9.44. The van der Waals surface area contributed by atoms with E-state index in [2.05, 4.69) is 20.3 Å². The van der Waals surface area contributed by atoms with E-state index in [-0.39, 0.29) is 18.2 Å². The fourth-order valence-electron chi connectivity index (χ4n) is 2.57. The minimum Gasteiger partial charge on any atom is -0.492 e. The summed E-state index contributed by atoms with van der Waals surface area (Å²) in [7, 11) is 0. The van der Waals surface area contributed by atoms with Crippen molar-refractivity contribution >= 4 is 29.3 Å². The Balaban J connectivity index is 0.00000196. The van der Waals surface area contributed by atoms with Crippen molar-refractivity contribution in [1.82, 2.24) is 24.8 Å². The van der Waals surface area contributed by atoms with Gasteiger partial charge in [0.05, 0.1) is 11.7 Å². The quantitative estimate of drug-likeness (QED) is 0.541. The van der Waals surface area contributed by atoms with Gasteiger partial charge in [0.1, 0.15) is 17.9 Å². The smallest absolute Gasteiger partial charge is 0.199 e. The van der Waals surface area contributed by atoms with E-state index in [1.54, 1.807) is 12.4 Å². The number of hydrogen-bond acceptors (Lipinski definition) is 8. The molecule has 0 fully saturated rings. The second-order valence-corrected chi connectivity index (χ2v) is 5.26. The van der Waals surface area contributed by atoms with Crippen molar-refractivity contribution < 1.29 is 9.37 Å². The Bertz CT molecular complexity index is 1010. The van der Waals surface area contributed by atoms with E-state index in [1.165, 1.54) is 0 Å². The van der Waals surface area contributed by atoms with Crippen LogP contribution < -0.4 is 16.2 Å². The fraction of sp³-hybridized carbons (Fsp3) is 0.125. The molecule has 4 N–H and O–H groups in total. The van der Waals surface area contributed by atoms with Crippen LogP contribution in [0.1, 0.15) is 0 Å². The number of nitrogens with zero attached hydrogens (tertiary/aromatic N) is 5. The molecule has 0 aliphatic carbocycles. The lowest BCUT2D eigenvalue weighted by Gasteiger charge is -2.09. The van der Waals surface area contributed by atoms with E-state index in [4.69, 9.17) is 20.8 Å². The molecule has 0 aliphatic heterocycles. The zero-order valence-corrected chi connectivity index (χ0v) is 14.4. The Morgan fingerprint density at radius 2 is 1.92 bits per heavy atom. The van der Waals surface area contributed by atoms with Crippen LogP contribution in [0, 0.1) is 0 Å². The Morgan fingerprint density at radius 1 is 1.12 bits per heavy atom. The maximum atomic E-state index is 5.85. The van der Waals surface area contributed by atoms with Gasteiger partial charge in [-0.3, -0.25) is 9.55 Å². The standard InChI is InChI=1S/C16H15N7O2.ClH/c17-6-8-24-11-3-1-10(2-4-11)23-13-5-7-19-9-12(13)20-16(23)14-15(18)22-25-21-14;/h1-5,7,9H,6,8,17H2,(H2,18,22);1H. The zero-order valence-electron chi connectivity index (χ0n) is 13.6. The molecule has 3 heterocycles. The summed E-state index contributed by atoms with van der Waals surface area (Å²) in [5.41, 5.74) is 14.1. The predicted molar refractivity (Wildman–Crippen MR) is 98.4 cm³/mol. The number of benzene rings is 1. The molecule has 0 amide bonds. The van der Waals surface area contributed by atoms with E-state index in [9.17, 15) is 0 Å². The van der Waals surface area contributed by atoms with Gasteiger partial charge in [0.15, 0.2) is 17.3 Å². The normalized spacial score (nSPS) is 10.7. The van der Waals surface area contributed by atoms with Crippen molar-refractivity contribution in [2.75, 3.05) is 18.9 Å². The third-order valence-corrected chi connectivity index (χ3v) is 3.66. The van der Waals surface area contributed by atoms with Crippen LogP contribution in [0.3, 0.4) is 0 Å². The second kappa shape index (κ2) is 7.38.